The quantitative estimate of drug-likeness (QED) is 0.808. The van der Waals surface area contributed by atoms with Crippen molar-refractivity contribution >= 4 is 62.1 Å². The van der Waals surface area contributed by atoms with Crippen LogP contribution in [0.2, 0.25) is 5.02 Å². The lowest BCUT2D eigenvalue weighted by Gasteiger charge is -2.03. The molecule has 2 aromatic rings. The van der Waals surface area contributed by atoms with E-state index in [2.05, 4.69) is 31.4 Å². The number of H-pyrrole nitrogens is 1. The molecule has 2 N–H and O–H groups in total. The molecule has 88 valence electrons. The Morgan fingerprint density at radius 2 is 2.35 bits per heavy atom. The minimum Gasteiger partial charge on any atom is -0.296 e. The van der Waals surface area contributed by atoms with Crippen molar-refractivity contribution in [3.05, 3.63) is 37.2 Å². The van der Waals surface area contributed by atoms with Gasteiger partial charge in [-0.25, -0.2) is 0 Å². The average Bonchev–Trinajstić information content (AvgIpc) is 2.67. The van der Waals surface area contributed by atoms with Crippen molar-refractivity contribution in [3.8, 4) is 0 Å². The molecule has 1 heterocycles. The van der Waals surface area contributed by atoms with Gasteiger partial charge in [0.25, 0.3) is 5.91 Å². The first-order valence-electron chi connectivity index (χ1n) is 4.38. The van der Waals surface area contributed by atoms with E-state index in [1.54, 1.807) is 18.2 Å². The molecule has 0 aliphatic carbocycles. The first-order valence-corrected chi connectivity index (χ1v) is 6.78. The number of rotatable bonds is 2. The van der Waals surface area contributed by atoms with E-state index in [1.807, 2.05) is 0 Å². The molecule has 2 rings (SSSR count). The monoisotopic (exact) mass is 349 g/mol. The second-order valence-electron chi connectivity index (χ2n) is 3.00. The highest BCUT2D eigenvalue weighted by molar-refractivity contribution is 9.10. The number of carbonyl (C=O) groups excluding carboxylic acids is 1. The number of anilines is 1. The molecule has 0 aliphatic rings. The van der Waals surface area contributed by atoms with Crippen LogP contribution in [-0.4, -0.2) is 16.1 Å². The number of carbonyl (C=O) groups is 1. The largest absolute Gasteiger partial charge is 0.296 e. The molecule has 0 atom stereocenters. The summed E-state index contributed by atoms with van der Waals surface area (Å²) in [6.07, 6.45) is 0. The van der Waals surface area contributed by atoms with Gasteiger partial charge in [0.15, 0.2) is 3.95 Å². The van der Waals surface area contributed by atoms with E-state index in [9.17, 15) is 4.79 Å². The van der Waals surface area contributed by atoms with Gasteiger partial charge in [0.1, 0.15) is 0 Å². The van der Waals surface area contributed by atoms with E-state index >= 15 is 0 Å². The minimum atomic E-state index is -0.325. The molecule has 0 saturated heterocycles. The van der Waals surface area contributed by atoms with E-state index in [4.69, 9.17) is 23.8 Å². The summed E-state index contributed by atoms with van der Waals surface area (Å²) in [4.78, 5) is 11.9. The Kier molecular flexibility index (Phi) is 3.93. The van der Waals surface area contributed by atoms with Crippen LogP contribution in [0.1, 0.15) is 10.4 Å². The third-order valence-corrected chi connectivity index (χ3v) is 3.66. The van der Waals surface area contributed by atoms with Crippen molar-refractivity contribution < 1.29 is 4.79 Å². The summed E-state index contributed by atoms with van der Waals surface area (Å²) in [7, 11) is 0. The molecule has 0 unspecified atom stereocenters. The van der Waals surface area contributed by atoms with E-state index in [-0.39, 0.29) is 5.91 Å². The standard InChI is InChI=1S/C9H5BrClN3OS2/c10-4-1-2-6(11)5(3-4)7(15)12-8-13-14-9(16)17-8/h1-3H,(H,14,16)(H,12,13,15). The van der Waals surface area contributed by atoms with Crippen molar-refractivity contribution in [2.45, 2.75) is 0 Å². The second-order valence-corrected chi connectivity index (χ2v) is 5.99. The maximum absolute atomic E-state index is 11.9. The number of aromatic nitrogens is 2. The van der Waals surface area contributed by atoms with Crippen LogP contribution in [0.4, 0.5) is 5.13 Å². The normalized spacial score (nSPS) is 10.2. The molecule has 8 heteroatoms. The number of hydrogen-bond donors (Lipinski definition) is 2. The van der Waals surface area contributed by atoms with Gasteiger partial charge in [-0.15, -0.1) is 5.10 Å². The molecule has 0 saturated carbocycles. The summed E-state index contributed by atoms with van der Waals surface area (Å²) in [5, 5.41) is 9.82. The number of benzene rings is 1. The van der Waals surface area contributed by atoms with Gasteiger partial charge >= 0.3 is 0 Å². The number of amides is 1. The van der Waals surface area contributed by atoms with Crippen LogP contribution >= 0.6 is 51.1 Å². The first kappa shape index (κ1) is 12.7. The highest BCUT2D eigenvalue weighted by atomic mass is 79.9. The zero-order valence-corrected chi connectivity index (χ0v) is 12.1. The number of hydrogen-bond acceptors (Lipinski definition) is 4. The Balaban J connectivity index is 2.25. The van der Waals surface area contributed by atoms with Crippen molar-refractivity contribution in [2.75, 3.05) is 5.32 Å². The van der Waals surface area contributed by atoms with Gasteiger partial charge in [0, 0.05) is 4.47 Å². The van der Waals surface area contributed by atoms with E-state index in [0.717, 1.165) is 4.47 Å². The predicted octanol–water partition coefficient (Wildman–Crippen LogP) is 3.87. The van der Waals surface area contributed by atoms with Gasteiger partial charge in [-0.1, -0.05) is 38.9 Å². The lowest BCUT2D eigenvalue weighted by atomic mass is 10.2. The Morgan fingerprint density at radius 3 is 3.00 bits per heavy atom. The Labute approximate surface area is 119 Å². The maximum Gasteiger partial charge on any atom is 0.259 e. The van der Waals surface area contributed by atoms with Crippen LogP contribution in [0.5, 0.6) is 0 Å². The molecular weight excluding hydrogens is 346 g/mol. The molecule has 17 heavy (non-hydrogen) atoms. The second kappa shape index (κ2) is 5.26. The number of nitrogens with zero attached hydrogens (tertiary/aromatic N) is 1. The lowest BCUT2D eigenvalue weighted by Crippen LogP contribution is -2.12. The van der Waals surface area contributed by atoms with Crippen LogP contribution in [-0.2, 0) is 0 Å². The maximum atomic E-state index is 11.9. The molecule has 1 amide bonds. The number of aromatic amines is 1. The fourth-order valence-electron chi connectivity index (χ4n) is 1.12. The average molecular weight is 351 g/mol. The van der Waals surface area contributed by atoms with Gasteiger partial charge in [0.05, 0.1) is 10.6 Å². The first-order chi connectivity index (χ1) is 8.06. The highest BCUT2D eigenvalue weighted by Gasteiger charge is 2.12. The molecule has 1 aromatic carbocycles. The van der Waals surface area contributed by atoms with Crippen molar-refractivity contribution in [3.63, 3.8) is 0 Å². The van der Waals surface area contributed by atoms with E-state index in [1.165, 1.54) is 11.3 Å². The molecule has 4 nitrogen and oxygen atoms in total. The summed E-state index contributed by atoms with van der Waals surface area (Å²) in [6.45, 7) is 0. The number of halogens is 2. The third-order valence-electron chi connectivity index (χ3n) is 1.83. The zero-order chi connectivity index (χ0) is 12.4. The highest BCUT2D eigenvalue weighted by Crippen LogP contribution is 2.22. The predicted molar refractivity (Wildman–Crippen MR) is 74.4 cm³/mol. The molecular formula is C9H5BrClN3OS2. The summed E-state index contributed by atoms with van der Waals surface area (Å²) in [5.74, 6) is -0.325. The van der Waals surface area contributed by atoms with Crippen LogP contribution in [0.15, 0.2) is 22.7 Å². The fourth-order valence-corrected chi connectivity index (χ4v) is 2.47. The molecule has 0 spiro atoms. The van der Waals surface area contributed by atoms with Crippen LogP contribution in [0, 0.1) is 3.95 Å². The van der Waals surface area contributed by atoms with Gasteiger partial charge in [-0.2, -0.15) is 0 Å². The van der Waals surface area contributed by atoms with Crippen molar-refractivity contribution in [2.24, 2.45) is 0 Å². The topological polar surface area (TPSA) is 57.8 Å². The smallest absolute Gasteiger partial charge is 0.259 e. The third kappa shape index (κ3) is 3.12. The molecule has 0 aliphatic heterocycles. The SMILES string of the molecule is O=C(Nc1n[nH]c(=S)s1)c1cc(Br)ccc1Cl. The lowest BCUT2D eigenvalue weighted by molar-refractivity contribution is 0.102. The van der Waals surface area contributed by atoms with Gasteiger partial charge < -0.3 is 0 Å². The summed E-state index contributed by atoms with van der Waals surface area (Å²) < 4.78 is 1.28. The van der Waals surface area contributed by atoms with Crippen LogP contribution in [0.25, 0.3) is 0 Å². The Hall–Kier alpha value is -0.760. The van der Waals surface area contributed by atoms with E-state index < -0.39 is 0 Å². The molecule has 0 radical (unpaired) electrons. The summed E-state index contributed by atoms with van der Waals surface area (Å²) in [5.41, 5.74) is 0.377. The summed E-state index contributed by atoms with van der Waals surface area (Å²) in [6, 6.07) is 5.05. The van der Waals surface area contributed by atoms with Gasteiger partial charge in [-0.05, 0) is 30.4 Å². The number of nitrogens with one attached hydrogen (secondary N) is 2. The van der Waals surface area contributed by atoms with Crippen LogP contribution in [0.3, 0.4) is 0 Å². The molecule has 0 fully saturated rings. The van der Waals surface area contributed by atoms with E-state index in [0.29, 0.717) is 19.7 Å². The fraction of sp³-hybridized carbons (Fsp3) is 0. The van der Waals surface area contributed by atoms with Crippen molar-refractivity contribution in [1.29, 1.82) is 0 Å². The Bertz CT molecular complexity index is 625. The van der Waals surface area contributed by atoms with Gasteiger partial charge in [0.2, 0.25) is 5.13 Å². The molecule has 0 bridgehead atoms. The zero-order valence-electron chi connectivity index (χ0n) is 8.16. The summed E-state index contributed by atoms with van der Waals surface area (Å²) >= 11 is 15.3. The van der Waals surface area contributed by atoms with Crippen LogP contribution < -0.4 is 5.32 Å². The van der Waals surface area contributed by atoms with Crippen molar-refractivity contribution in [1.82, 2.24) is 10.2 Å². The Morgan fingerprint density at radius 1 is 1.59 bits per heavy atom. The molecule has 1 aromatic heterocycles. The van der Waals surface area contributed by atoms with Gasteiger partial charge in [-0.3, -0.25) is 15.2 Å². The minimum absolute atomic E-state index is 0.325.